The van der Waals surface area contributed by atoms with Crippen LogP contribution in [0.15, 0.2) is 4.52 Å². The van der Waals surface area contributed by atoms with Crippen LogP contribution in [0.25, 0.3) is 0 Å². The van der Waals surface area contributed by atoms with Gasteiger partial charge in [0, 0.05) is 18.3 Å². The van der Waals surface area contributed by atoms with Crippen molar-refractivity contribution in [3.63, 3.8) is 0 Å². The van der Waals surface area contributed by atoms with E-state index in [-0.39, 0.29) is 0 Å². The second-order valence-electron chi connectivity index (χ2n) is 3.67. The monoisotopic (exact) mass is 228 g/mol. The molecule has 1 fully saturated rings. The fourth-order valence-corrected chi connectivity index (χ4v) is 2.69. The van der Waals surface area contributed by atoms with Gasteiger partial charge in [0.2, 0.25) is 5.89 Å². The van der Waals surface area contributed by atoms with E-state index in [2.05, 4.69) is 17.1 Å². The minimum atomic E-state index is 0.351. The van der Waals surface area contributed by atoms with E-state index < -0.39 is 0 Å². The first kappa shape index (κ1) is 11.0. The van der Waals surface area contributed by atoms with E-state index in [1.807, 2.05) is 18.7 Å². The molecular formula is C10H16N2O2S. The van der Waals surface area contributed by atoms with Gasteiger partial charge in [0.25, 0.3) is 0 Å². The topological polar surface area (TPSA) is 48.2 Å². The van der Waals surface area contributed by atoms with E-state index in [1.165, 1.54) is 0 Å². The lowest BCUT2D eigenvalue weighted by atomic mass is 10.3. The van der Waals surface area contributed by atoms with Crippen molar-refractivity contribution in [3.05, 3.63) is 11.7 Å². The molecule has 84 valence electrons. The average molecular weight is 228 g/mol. The maximum Gasteiger partial charge on any atom is 0.236 e. The van der Waals surface area contributed by atoms with Crippen LogP contribution in [0.2, 0.25) is 0 Å². The lowest BCUT2D eigenvalue weighted by Gasteiger charge is -2.11. The van der Waals surface area contributed by atoms with Crippen molar-refractivity contribution in [2.45, 2.75) is 43.8 Å². The molecule has 1 aliphatic heterocycles. The van der Waals surface area contributed by atoms with Crippen molar-refractivity contribution in [2.24, 2.45) is 0 Å². The molecule has 2 atom stereocenters. The van der Waals surface area contributed by atoms with E-state index in [9.17, 15) is 0 Å². The van der Waals surface area contributed by atoms with Gasteiger partial charge in [0.1, 0.15) is 0 Å². The van der Waals surface area contributed by atoms with Gasteiger partial charge in [0.05, 0.1) is 11.9 Å². The molecule has 0 radical (unpaired) electrons. The molecule has 0 aromatic carbocycles. The summed E-state index contributed by atoms with van der Waals surface area (Å²) in [5.74, 6) is 2.32. The molecule has 0 bridgehead atoms. The van der Waals surface area contributed by atoms with Gasteiger partial charge < -0.3 is 9.26 Å². The molecular weight excluding hydrogens is 212 g/mol. The van der Waals surface area contributed by atoms with E-state index in [4.69, 9.17) is 9.26 Å². The third-order valence-electron chi connectivity index (χ3n) is 2.55. The minimum absolute atomic E-state index is 0.351. The number of aromatic nitrogens is 2. The number of aryl methyl sites for hydroxylation is 1. The largest absolute Gasteiger partial charge is 0.377 e. The van der Waals surface area contributed by atoms with Crippen LogP contribution in [0.1, 0.15) is 32.0 Å². The highest BCUT2D eigenvalue weighted by atomic mass is 32.2. The van der Waals surface area contributed by atoms with Gasteiger partial charge in [0.15, 0.2) is 5.82 Å². The third-order valence-corrected chi connectivity index (χ3v) is 4.01. The summed E-state index contributed by atoms with van der Waals surface area (Å²) in [4.78, 5) is 4.28. The number of hydrogen-bond donors (Lipinski definition) is 0. The van der Waals surface area contributed by atoms with E-state index >= 15 is 0 Å². The summed E-state index contributed by atoms with van der Waals surface area (Å²) >= 11 is 1.85. The Morgan fingerprint density at radius 2 is 2.40 bits per heavy atom. The normalized spacial score (nSPS) is 26.0. The SMILES string of the molecule is CCc1noc(CS[C@@H]2CCO[C@H]2C)n1. The molecule has 0 saturated carbocycles. The van der Waals surface area contributed by atoms with Crippen molar-refractivity contribution in [3.8, 4) is 0 Å². The predicted molar refractivity (Wildman–Crippen MR) is 58.8 cm³/mol. The average Bonchev–Trinajstić information content (AvgIpc) is 2.84. The molecule has 1 aromatic heterocycles. The van der Waals surface area contributed by atoms with Gasteiger partial charge >= 0.3 is 0 Å². The maximum absolute atomic E-state index is 5.49. The molecule has 0 aliphatic carbocycles. The van der Waals surface area contributed by atoms with Crippen molar-refractivity contribution < 1.29 is 9.26 Å². The number of thioether (sulfide) groups is 1. The highest BCUT2D eigenvalue weighted by Crippen LogP contribution is 2.28. The van der Waals surface area contributed by atoms with Crippen LogP contribution < -0.4 is 0 Å². The Balaban J connectivity index is 1.82. The maximum atomic E-state index is 5.49. The van der Waals surface area contributed by atoms with Crippen molar-refractivity contribution in [1.29, 1.82) is 0 Å². The Labute approximate surface area is 93.8 Å². The Morgan fingerprint density at radius 1 is 1.53 bits per heavy atom. The van der Waals surface area contributed by atoms with Gasteiger partial charge in [-0.3, -0.25) is 0 Å². The smallest absolute Gasteiger partial charge is 0.236 e. The summed E-state index contributed by atoms with van der Waals surface area (Å²) in [6.07, 6.45) is 2.31. The van der Waals surface area contributed by atoms with Gasteiger partial charge in [-0.15, -0.1) is 11.8 Å². The summed E-state index contributed by atoms with van der Waals surface area (Å²) in [6.45, 7) is 5.02. The molecule has 1 saturated heterocycles. The second kappa shape index (κ2) is 4.99. The molecule has 15 heavy (non-hydrogen) atoms. The molecule has 2 heterocycles. The molecule has 0 amide bonds. The van der Waals surface area contributed by atoms with Crippen molar-refractivity contribution in [1.82, 2.24) is 10.1 Å². The zero-order chi connectivity index (χ0) is 10.7. The van der Waals surface area contributed by atoms with Gasteiger partial charge in [-0.2, -0.15) is 4.98 Å². The van der Waals surface area contributed by atoms with Gasteiger partial charge in [-0.05, 0) is 13.3 Å². The number of ether oxygens (including phenoxy) is 1. The minimum Gasteiger partial charge on any atom is -0.377 e. The quantitative estimate of drug-likeness (QED) is 0.789. The van der Waals surface area contributed by atoms with Crippen LogP contribution in [-0.4, -0.2) is 28.1 Å². The van der Waals surface area contributed by atoms with E-state index in [1.54, 1.807) is 0 Å². The van der Waals surface area contributed by atoms with Crippen LogP contribution in [0.5, 0.6) is 0 Å². The summed E-state index contributed by atoms with van der Waals surface area (Å²) in [5.41, 5.74) is 0. The fraction of sp³-hybridized carbons (Fsp3) is 0.800. The fourth-order valence-electron chi connectivity index (χ4n) is 1.60. The number of rotatable bonds is 4. The molecule has 1 aromatic rings. The Morgan fingerprint density at radius 3 is 3.00 bits per heavy atom. The Kier molecular flexibility index (Phi) is 3.64. The molecule has 4 nitrogen and oxygen atoms in total. The lowest BCUT2D eigenvalue weighted by Crippen LogP contribution is -2.13. The molecule has 5 heteroatoms. The predicted octanol–water partition coefficient (Wildman–Crippen LogP) is 2.04. The summed E-state index contributed by atoms with van der Waals surface area (Å²) in [6, 6.07) is 0. The zero-order valence-electron chi connectivity index (χ0n) is 9.10. The summed E-state index contributed by atoms with van der Waals surface area (Å²) < 4.78 is 10.6. The molecule has 0 N–H and O–H groups in total. The Hall–Kier alpha value is -0.550. The first-order chi connectivity index (χ1) is 7.29. The van der Waals surface area contributed by atoms with Crippen LogP contribution >= 0.6 is 11.8 Å². The first-order valence-electron chi connectivity index (χ1n) is 5.34. The highest BCUT2D eigenvalue weighted by molar-refractivity contribution is 7.99. The summed E-state index contributed by atoms with van der Waals surface area (Å²) in [5, 5.41) is 4.44. The second-order valence-corrected chi connectivity index (χ2v) is 4.90. The molecule has 2 rings (SSSR count). The highest BCUT2D eigenvalue weighted by Gasteiger charge is 2.25. The Bertz CT molecular complexity index is 316. The van der Waals surface area contributed by atoms with Crippen molar-refractivity contribution in [2.75, 3.05) is 6.61 Å². The zero-order valence-corrected chi connectivity index (χ0v) is 9.92. The molecule has 0 spiro atoms. The third kappa shape index (κ3) is 2.72. The molecule has 1 aliphatic rings. The standard InChI is InChI=1S/C10H16N2O2S/c1-3-9-11-10(14-12-9)6-15-8-4-5-13-7(8)2/h7-8H,3-6H2,1-2H3/t7-,8+/m0/s1. The van der Waals surface area contributed by atoms with Gasteiger partial charge in [-0.25, -0.2) is 0 Å². The van der Waals surface area contributed by atoms with E-state index in [0.29, 0.717) is 11.4 Å². The van der Waals surface area contributed by atoms with Crippen LogP contribution in [0, 0.1) is 0 Å². The lowest BCUT2D eigenvalue weighted by molar-refractivity contribution is 0.127. The summed E-state index contributed by atoms with van der Waals surface area (Å²) in [7, 11) is 0. The van der Waals surface area contributed by atoms with E-state index in [0.717, 1.165) is 36.9 Å². The number of nitrogens with zero attached hydrogens (tertiary/aromatic N) is 2. The molecule has 0 unspecified atom stereocenters. The first-order valence-corrected chi connectivity index (χ1v) is 6.39. The van der Waals surface area contributed by atoms with Crippen LogP contribution in [0.3, 0.4) is 0 Å². The van der Waals surface area contributed by atoms with Crippen LogP contribution in [-0.2, 0) is 16.9 Å². The van der Waals surface area contributed by atoms with Crippen molar-refractivity contribution >= 4 is 11.8 Å². The van der Waals surface area contributed by atoms with Crippen LogP contribution in [0.4, 0.5) is 0 Å². The number of hydrogen-bond acceptors (Lipinski definition) is 5. The van der Waals surface area contributed by atoms with Gasteiger partial charge in [-0.1, -0.05) is 12.1 Å².